The zero-order valence-corrected chi connectivity index (χ0v) is 14.0. The summed E-state index contributed by atoms with van der Waals surface area (Å²) in [7, 11) is 0. The van der Waals surface area contributed by atoms with Crippen molar-refractivity contribution >= 4 is 29.1 Å². The van der Waals surface area contributed by atoms with E-state index in [1.165, 1.54) is 43.3 Å². The molecule has 0 aromatic heterocycles. The molecule has 1 amide bonds. The van der Waals surface area contributed by atoms with E-state index in [4.69, 9.17) is 11.6 Å². The van der Waals surface area contributed by atoms with E-state index in [-0.39, 0.29) is 28.4 Å². The number of rotatable bonds is 3. The van der Waals surface area contributed by atoms with Gasteiger partial charge in [0.2, 0.25) is 17.5 Å². The lowest BCUT2D eigenvalue weighted by molar-refractivity contribution is -0.127. The van der Waals surface area contributed by atoms with E-state index in [1.54, 1.807) is 12.1 Å². The lowest BCUT2D eigenvalue weighted by Crippen LogP contribution is -2.36. The fourth-order valence-electron chi connectivity index (χ4n) is 2.69. The van der Waals surface area contributed by atoms with Crippen LogP contribution in [-0.4, -0.2) is 22.4 Å². The molecule has 0 bridgehead atoms. The van der Waals surface area contributed by atoms with E-state index in [1.807, 2.05) is 0 Å². The number of carbonyl (C=O) groups excluding carboxylic acids is 3. The summed E-state index contributed by atoms with van der Waals surface area (Å²) < 4.78 is 13.1. The van der Waals surface area contributed by atoms with Gasteiger partial charge >= 0.3 is 0 Å². The van der Waals surface area contributed by atoms with E-state index < -0.39 is 23.3 Å². The first-order valence-electron chi connectivity index (χ1n) is 7.51. The Kier molecular flexibility index (Phi) is 4.51. The fourth-order valence-corrected chi connectivity index (χ4v) is 2.98. The van der Waals surface area contributed by atoms with Crippen LogP contribution in [-0.2, 0) is 11.3 Å². The van der Waals surface area contributed by atoms with Gasteiger partial charge in [-0.3, -0.25) is 14.4 Å². The molecule has 0 radical (unpaired) electrons. The first kappa shape index (κ1) is 17.0. The second-order valence-corrected chi connectivity index (χ2v) is 5.98. The third-order valence-electron chi connectivity index (χ3n) is 3.94. The average Bonchev–Trinajstić information content (AvgIpc) is 2.60. The summed E-state index contributed by atoms with van der Waals surface area (Å²) in [6, 6.07) is 11.8. The molecular weight excluding hydrogens is 345 g/mol. The minimum atomic E-state index is -0.503. The Bertz CT molecular complexity index is 919. The lowest BCUT2D eigenvalue weighted by atomic mass is 9.91. The minimum Gasteiger partial charge on any atom is -0.303 e. The number of ketones is 2. The third-order valence-corrected chi connectivity index (χ3v) is 4.29. The van der Waals surface area contributed by atoms with Crippen LogP contribution in [0.25, 0.3) is 0 Å². The molecule has 25 heavy (non-hydrogen) atoms. The molecule has 1 aliphatic carbocycles. The van der Waals surface area contributed by atoms with Crippen molar-refractivity contribution in [2.75, 3.05) is 0 Å². The molecule has 0 fully saturated rings. The smallest absolute Gasteiger partial charge is 0.224 e. The molecule has 4 nitrogen and oxygen atoms in total. The zero-order valence-electron chi connectivity index (χ0n) is 13.3. The number of amides is 1. The average molecular weight is 358 g/mol. The molecular formula is C19H13ClFNO3. The Morgan fingerprint density at radius 2 is 1.56 bits per heavy atom. The first-order valence-corrected chi connectivity index (χ1v) is 7.88. The van der Waals surface area contributed by atoms with Crippen LogP contribution in [0.4, 0.5) is 4.39 Å². The van der Waals surface area contributed by atoms with Crippen LogP contribution in [0.15, 0.2) is 59.3 Å². The van der Waals surface area contributed by atoms with Gasteiger partial charge in [-0.1, -0.05) is 48.0 Å². The van der Waals surface area contributed by atoms with Gasteiger partial charge < -0.3 is 4.90 Å². The SMILES string of the molecule is CC(=O)N(Cc1ccc(F)cc1)C1=C(Cl)C(=O)c2ccccc2C1=O. The molecule has 0 unspecified atom stereocenters. The van der Waals surface area contributed by atoms with Gasteiger partial charge in [-0.25, -0.2) is 4.39 Å². The van der Waals surface area contributed by atoms with E-state index in [0.717, 1.165) is 4.90 Å². The van der Waals surface area contributed by atoms with Crippen molar-refractivity contribution in [1.82, 2.24) is 4.90 Å². The summed E-state index contributed by atoms with van der Waals surface area (Å²) in [5.41, 5.74) is 0.874. The van der Waals surface area contributed by atoms with Gasteiger partial charge in [-0.05, 0) is 17.7 Å². The highest BCUT2D eigenvalue weighted by Crippen LogP contribution is 2.31. The van der Waals surface area contributed by atoms with Crippen molar-refractivity contribution < 1.29 is 18.8 Å². The van der Waals surface area contributed by atoms with Crippen molar-refractivity contribution in [3.63, 3.8) is 0 Å². The van der Waals surface area contributed by atoms with E-state index >= 15 is 0 Å². The second kappa shape index (κ2) is 6.61. The van der Waals surface area contributed by atoms with Crippen molar-refractivity contribution in [3.05, 3.63) is 81.8 Å². The van der Waals surface area contributed by atoms with Gasteiger partial charge in [-0.2, -0.15) is 0 Å². The highest BCUT2D eigenvalue weighted by molar-refractivity contribution is 6.50. The molecule has 0 atom stereocenters. The van der Waals surface area contributed by atoms with Crippen LogP contribution < -0.4 is 0 Å². The monoisotopic (exact) mass is 357 g/mol. The lowest BCUT2D eigenvalue weighted by Gasteiger charge is -2.27. The molecule has 1 aliphatic rings. The molecule has 2 aromatic carbocycles. The highest BCUT2D eigenvalue weighted by Gasteiger charge is 2.35. The molecule has 0 saturated carbocycles. The Balaban J connectivity index is 2.05. The quantitative estimate of drug-likeness (QED) is 0.841. The number of Topliss-reactive ketones (excluding diaryl/α,β-unsaturated/α-hetero) is 2. The fraction of sp³-hybridized carbons (Fsp3) is 0.105. The van der Waals surface area contributed by atoms with Crippen LogP contribution >= 0.6 is 11.6 Å². The number of nitrogens with zero attached hydrogens (tertiary/aromatic N) is 1. The standard InChI is InChI=1S/C19H13ClFNO3/c1-11(23)22(10-12-6-8-13(21)9-7-12)17-16(20)18(24)14-4-2-3-5-15(14)19(17)25/h2-9H,10H2,1H3. The number of carbonyl (C=O) groups is 3. The Hall–Kier alpha value is -2.79. The maximum absolute atomic E-state index is 13.1. The summed E-state index contributed by atoms with van der Waals surface area (Å²) in [5, 5.41) is -0.291. The van der Waals surface area contributed by atoms with Gasteiger partial charge in [0.15, 0.2) is 0 Å². The molecule has 3 rings (SSSR count). The molecule has 126 valence electrons. The van der Waals surface area contributed by atoms with Crippen molar-refractivity contribution in [2.45, 2.75) is 13.5 Å². The van der Waals surface area contributed by atoms with Gasteiger partial charge in [0.1, 0.15) is 16.5 Å². The van der Waals surface area contributed by atoms with Crippen LogP contribution in [0.2, 0.25) is 0 Å². The maximum atomic E-state index is 13.1. The number of hydrogen-bond donors (Lipinski definition) is 0. The predicted molar refractivity (Wildman–Crippen MR) is 90.6 cm³/mol. The summed E-state index contributed by atoms with van der Waals surface area (Å²) in [6.45, 7) is 1.28. The number of halogens is 2. The molecule has 6 heteroatoms. The largest absolute Gasteiger partial charge is 0.303 e. The van der Waals surface area contributed by atoms with Crippen molar-refractivity contribution in [2.24, 2.45) is 0 Å². The number of fused-ring (bicyclic) bond motifs is 1. The van der Waals surface area contributed by atoms with Gasteiger partial charge in [-0.15, -0.1) is 0 Å². The molecule has 0 aliphatic heterocycles. The molecule has 0 heterocycles. The molecule has 2 aromatic rings. The van der Waals surface area contributed by atoms with E-state index in [2.05, 4.69) is 0 Å². The Labute approximate surface area is 148 Å². The summed E-state index contributed by atoms with van der Waals surface area (Å²) in [4.78, 5) is 38.5. The van der Waals surface area contributed by atoms with E-state index in [0.29, 0.717) is 5.56 Å². The van der Waals surface area contributed by atoms with Gasteiger partial charge in [0.05, 0.1) is 6.54 Å². The Morgan fingerprint density at radius 3 is 2.12 bits per heavy atom. The van der Waals surface area contributed by atoms with E-state index in [9.17, 15) is 18.8 Å². The van der Waals surface area contributed by atoms with Crippen LogP contribution in [0.1, 0.15) is 33.2 Å². The molecule has 0 spiro atoms. The predicted octanol–water partition coefficient (Wildman–Crippen LogP) is 3.70. The summed E-state index contributed by atoms with van der Waals surface area (Å²) >= 11 is 6.14. The summed E-state index contributed by atoms with van der Waals surface area (Å²) in [5.74, 6) is -1.85. The minimum absolute atomic E-state index is 0.00233. The van der Waals surface area contributed by atoms with Crippen LogP contribution in [0, 0.1) is 5.82 Å². The number of benzene rings is 2. The van der Waals surface area contributed by atoms with Gasteiger partial charge in [0, 0.05) is 18.1 Å². The first-order chi connectivity index (χ1) is 11.9. The number of allylic oxidation sites excluding steroid dienone is 2. The maximum Gasteiger partial charge on any atom is 0.224 e. The van der Waals surface area contributed by atoms with Crippen molar-refractivity contribution in [1.29, 1.82) is 0 Å². The summed E-state index contributed by atoms with van der Waals surface area (Å²) in [6.07, 6.45) is 0. The highest BCUT2D eigenvalue weighted by atomic mass is 35.5. The zero-order chi connectivity index (χ0) is 18.1. The second-order valence-electron chi connectivity index (χ2n) is 5.60. The molecule has 0 saturated heterocycles. The molecule has 0 N–H and O–H groups in total. The topological polar surface area (TPSA) is 54.5 Å². The Morgan fingerprint density at radius 1 is 1.00 bits per heavy atom. The normalized spacial score (nSPS) is 13.7. The van der Waals surface area contributed by atoms with Crippen LogP contribution in [0.5, 0.6) is 0 Å². The third kappa shape index (κ3) is 3.10. The van der Waals surface area contributed by atoms with Crippen LogP contribution in [0.3, 0.4) is 0 Å². The number of hydrogen-bond acceptors (Lipinski definition) is 3. The van der Waals surface area contributed by atoms with Crippen molar-refractivity contribution in [3.8, 4) is 0 Å². The van der Waals surface area contributed by atoms with Gasteiger partial charge in [0.25, 0.3) is 0 Å².